The number of halogens is 2. The van der Waals surface area contributed by atoms with E-state index in [2.05, 4.69) is 10.6 Å². The molecule has 0 unspecified atom stereocenters. The van der Waals surface area contributed by atoms with Crippen molar-refractivity contribution in [2.75, 3.05) is 32.1 Å². The molecule has 0 saturated carbocycles. The predicted octanol–water partition coefficient (Wildman–Crippen LogP) is 3.73. The lowest BCUT2D eigenvalue weighted by Gasteiger charge is -2.13. The largest absolute Gasteiger partial charge is 0.454 e. The first-order valence-corrected chi connectivity index (χ1v) is 7.59. The SMILES string of the molecule is COCCNCC(=O)Nc1ccccc1Oc1ccccc1Cl.Cl. The Morgan fingerprint density at radius 2 is 1.75 bits per heavy atom. The molecule has 0 aliphatic heterocycles. The van der Waals surface area contributed by atoms with Crippen molar-refractivity contribution >= 4 is 35.6 Å². The van der Waals surface area contributed by atoms with Crippen LogP contribution in [-0.2, 0) is 9.53 Å². The number of amides is 1. The van der Waals surface area contributed by atoms with Crippen molar-refractivity contribution in [2.45, 2.75) is 0 Å². The normalized spacial score (nSPS) is 9.92. The van der Waals surface area contributed by atoms with Crippen LogP contribution in [0.4, 0.5) is 5.69 Å². The minimum absolute atomic E-state index is 0. The van der Waals surface area contributed by atoms with Crippen molar-refractivity contribution < 1.29 is 14.3 Å². The van der Waals surface area contributed by atoms with Crippen LogP contribution in [-0.4, -0.2) is 32.7 Å². The zero-order valence-electron chi connectivity index (χ0n) is 13.3. The van der Waals surface area contributed by atoms with E-state index < -0.39 is 0 Å². The van der Waals surface area contributed by atoms with Crippen LogP contribution in [0.3, 0.4) is 0 Å². The Labute approximate surface area is 152 Å². The summed E-state index contributed by atoms with van der Waals surface area (Å²) in [5.74, 6) is 0.913. The molecule has 0 aromatic heterocycles. The molecule has 2 N–H and O–H groups in total. The average molecular weight is 371 g/mol. The molecule has 0 heterocycles. The van der Waals surface area contributed by atoms with Crippen molar-refractivity contribution in [2.24, 2.45) is 0 Å². The van der Waals surface area contributed by atoms with Gasteiger partial charge in [-0.05, 0) is 24.3 Å². The number of carbonyl (C=O) groups excluding carboxylic acids is 1. The molecule has 2 aromatic rings. The number of benzene rings is 2. The van der Waals surface area contributed by atoms with Crippen LogP contribution >= 0.6 is 24.0 Å². The maximum Gasteiger partial charge on any atom is 0.238 e. The summed E-state index contributed by atoms with van der Waals surface area (Å²) in [6, 6.07) is 14.4. The highest BCUT2D eigenvalue weighted by Gasteiger charge is 2.09. The summed E-state index contributed by atoms with van der Waals surface area (Å²) in [5.41, 5.74) is 0.589. The number of anilines is 1. The maximum absolute atomic E-state index is 12.0. The fourth-order valence-corrected chi connectivity index (χ4v) is 2.05. The van der Waals surface area contributed by atoms with Gasteiger partial charge in [0.05, 0.1) is 23.9 Å². The van der Waals surface area contributed by atoms with Crippen LogP contribution in [0.1, 0.15) is 0 Å². The first kappa shape index (κ1) is 20.3. The molecule has 24 heavy (non-hydrogen) atoms. The van der Waals surface area contributed by atoms with Gasteiger partial charge in [0.25, 0.3) is 0 Å². The third-order valence-corrected chi connectivity index (χ3v) is 3.30. The van der Waals surface area contributed by atoms with Crippen molar-refractivity contribution in [3.05, 3.63) is 53.6 Å². The second-order valence-electron chi connectivity index (χ2n) is 4.75. The minimum atomic E-state index is -0.156. The monoisotopic (exact) mass is 370 g/mol. The molecule has 0 atom stereocenters. The van der Waals surface area contributed by atoms with Crippen LogP contribution < -0.4 is 15.4 Å². The number of rotatable bonds is 8. The van der Waals surface area contributed by atoms with E-state index in [-0.39, 0.29) is 24.9 Å². The van der Waals surface area contributed by atoms with Gasteiger partial charge in [-0.25, -0.2) is 0 Å². The van der Waals surface area contributed by atoms with Gasteiger partial charge in [0.1, 0.15) is 5.75 Å². The molecule has 1 amide bonds. The highest BCUT2D eigenvalue weighted by molar-refractivity contribution is 6.32. The molecule has 7 heteroatoms. The summed E-state index contributed by atoms with van der Waals surface area (Å²) < 4.78 is 10.7. The minimum Gasteiger partial charge on any atom is -0.454 e. The van der Waals surface area contributed by atoms with Gasteiger partial charge >= 0.3 is 0 Å². The van der Waals surface area contributed by atoms with Gasteiger partial charge in [-0.15, -0.1) is 12.4 Å². The highest BCUT2D eigenvalue weighted by Crippen LogP contribution is 2.33. The molecule has 0 radical (unpaired) electrons. The summed E-state index contributed by atoms with van der Waals surface area (Å²) >= 11 is 6.10. The fraction of sp³-hybridized carbons (Fsp3) is 0.235. The smallest absolute Gasteiger partial charge is 0.238 e. The van der Waals surface area contributed by atoms with E-state index in [4.69, 9.17) is 21.1 Å². The van der Waals surface area contributed by atoms with E-state index in [9.17, 15) is 4.79 Å². The van der Waals surface area contributed by atoms with Crippen molar-refractivity contribution in [1.82, 2.24) is 5.32 Å². The Kier molecular flexibility index (Phi) is 9.19. The molecule has 0 aliphatic rings. The number of ether oxygens (including phenoxy) is 2. The molecule has 2 aromatic carbocycles. The van der Waals surface area contributed by atoms with Gasteiger partial charge in [0, 0.05) is 13.7 Å². The number of hydrogen-bond acceptors (Lipinski definition) is 4. The maximum atomic E-state index is 12.0. The number of methoxy groups -OCH3 is 1. The summed E-state index contributed by atoms with van der Waals surface area (Å²) in [4.78, 5) is 12.0. The number of hydrogen-bond donors (Lipinski definition) is 2. The molecule has 0 bridgehead atoms. The van der Waals surface area contributed by atoms with Crippen LogP contribution in [0.2, 0.25) is 5.02 Å². The molecule has 0 saturated heterocycles. The van der Waals surface area contributed by atoms with E-state index >= 15 is 0 Å². The van der Waals surface area contributed by atoms with Crippen LogP contribution in [0.5, 0.6) is 11.5 Å². The zero-order valence-corrected chi connectivity index (χ0v) is 14.8. The quantitative estimate of drug-likeness (QED) is 0.695. The number of carbonyl (C=O) groups is 1. The highest BCUT2D eigenvalue weighted by atomic mass is 35.5. The third-order valence-electron chi connectivity index (χ3n) is 2.99. The Morgan fingerprint density at radius 1 is 1.08 bits per heavy atom. The van der Waals surface area contributed by atoms with Gasteiger partial charge in [-0.1, -0.05) is 35.9 Å². The lowest BCUT2D eigenvalue weighted by molar-refractivity contribution is -0.115. The Bertz CT molecular complexity index is 653. The summed E-state index contributed by atoms with van der Waals surface area (Å²) in [7, 11) is 1.62. The third kappa shape index (κ3) is 6.37. The molecule has 0 fully saturated rings. The fourth-order valence-electron chi connectivity index (χ4n) is 1.88. The number of nitrogens with one attached hydrogen (secondary N) is 2. The topological polar surface area (TPSA) is 59.6 Å². The molecular weight excluding hydrogens is 351 g/mol. The lowest BCUT2D eigenvalue weighted by Crippen LogP contribution is -2.30. The first-order chi connectivity index (χ1) is 11.2. The van der Waals surface area contributed by atoms with E-state index in [0.717, 1.165) is 0 Å². The standard InChI is InChI=1S/C17H19ClN2O3.ClH/c1-22-11-10-19-12-17(21)20-14-7-3-5-9-16(14)23-15-8-4-2-6-13(15)18;/h2-9,19H,10-12H2,1H3,(H,20,21);1H. The van der Waals surface area contributed by atoms with Crippen molar-refractivity contribution in [3.63, 3.8) is 0 Å². The molecule has 130 valence electrons. The predicted molar refractivity (Wildman–Crippen MR) is 98.6 cm³/mol. The summed E-state index contributed by atoms with van der Waals surface area (Å²) in [6.07, 6.45) is 0. The second-order valence-corrected chi connectivity index (χ2v) is 5.15. The molecule has 5 nitrogen and oxygen atoms in total. The second kappa shape index (κ2) is 10.9. The van der Waals surface area contributed by atoms with Crippen LogP contribution in [0, 0.1) is 0 Å². The average Bonchev–Trinajstić information content (AvgIpc) is 2.55. The van der Waals surface area contributed by atoms with Crippen molar-refractivity contribution in [3.8, 4) is 11.5 Å². The van der Waals surface area contributed by atoms with Gasteiger partial charge < -0.3 is 20.1 Å². The lowest BCUT2D eigenvalue weighted by atomic mass is 10.3. The van der Waals surface area contributed by atoms with E-state index in [1.54, 1.807) is 31.4 Å². The summed E-state index contributed by atoms with van der Waals surface area (Å²) in [6.45, 7) is 1.37. The molecular formula is C17H20Cl2N2O3. The van der Waals surface area contributed by atoms with Crippen molar-refractivity contribution in [1.29, 1.82) is 0 Å². The molecule has 0 aliphatic carbocycles. The number of para-hydroxylation sites is 3. The van der Waals surface area contributed by atoms with E-state index in [0.29, 0.717) is 35.4 Å². The van der Waals surface area contributed by atoms with E-state index in [1.807, 2.05) is 24.3 Å². The van der Waals surface area contributed by atoms with Gasteiger partial charge in [0.15, 0.2) is 5.75 Å². The Hall–Kier alpha value is -1.79. The van der Waals surface area contributed by atoms with Crippen LogP contribution in [0.15, 0.2) is 48.5 Å². The first-order valence-electron chi connectivity index (χ1n) is 7.21. The van der Waals surface area contributed by atoms with Gasteiger partial charge in [0.2, 0.25) is 5.91 Å². The van der Waals surface area contributed by atoms with Gasteiger partial charge in [-0.2, -0.15) is 0 Å². The molecule has 2 rings (SSSR count). The van der Waals surface area contributed by atoms with Gasteiger partial charge in [-0.3, -0.25) is 4.79 Å². The van der Waals surface area contributed by atoms with Crippen LogP contribution in [0.25, 0.3) is 0 Å². The zero-order chi connectivity index (χ0) is 16.5. The summed E-state index contributed by atoms with van der Waals surface area (Å²) in [5, 5.41) is 6.31. The Morgan fingerprint density at radius 3 is 2.46 bits per heavy atom. The molecule has 0 spiro atoms. The van der Waals surface area contributed by atoms with E-state index in [1.165, 1.54) is 0 Å². The Balaban J connectivity index is 0.00000288.